The molecule has 0 unspecified atom stereocenters. The van der Waals surface area contributed by atoms with Gasteiger partial charge in [-0.2, -0.15) is 0 Å². The van der Waals surface area contributed by atoms with Crippen LogP contribution >= 0.6 is 23.5 Å². The molecule has 3 aromatic rings. The lowest BCUT2D eigenvalue weighted by Gasteiger charge is -2.07. The molecule has 1 aliphatic rings. The van der Waals surface area contributed by atoms with Crippen LogP contribution in [0.5, 0.6) is 0 Å². The van der Waals surface area contributed by atoms with Gasteiger partial charge < -0.3 is 9.15 Å². The minimum Gasteiger partial charge on any atom is -0.465 e. The Morgan fingerprint density at radius 1 is 1.13 bits per heavy atom. The van der Waals surface area contributed by atoms with Crippen LogP contribution < -0.4 is 0 Å². The molecule has 1 saturated heterocycles. The average Bonchev–Trinajstić information content (AvgIpc) is 3.33. The Morgan fingerprint density at radius 3 is 2.71 bits per heavy atom. The van der Waals surface area contributed by atoms with Gasteiger partial charge >= 0.3 is 5.97 Å². The van der Waals surface area contributed by atoms with Crippen LogP contribution in [-0.2, 0) is 9.53 Å². The van der Waals surface area contributed by atoms with Crippen molar-refractivity contribution in [2.45, 2.75) is 9.99 Å². The Hall–Kier alpha value is -3.23. The fourth-order valence-electron chi connectivity index (χ4n) is 2.78. The van der Waals surface area contributed by atoms with Crippen molar-refractivity contribution in [2.75, 3.05) is 14.2 Å². The first-order valence-corrected chi connectivity index (χ1v) is 10.9. The van der Waals surface area contributed by atoms with Crippen LogP contribution in [0.3, 0.4) is 0 Å². The summed E-state index contributed by atoms with van der Waals surface area (Å²) in [6, 6.07) is 20.4. The van der Waals surface area contributed by atoms with Crippen LogP contribution in [0.4, 0.5) is 5.69 Å². The third-order valence-electron chi connectivity index (χ3n) is 4.33. The summed E-state index contributed by atoms with van der Waals surface area (Å²) in [5.41, 5.74) is 0.960. The standard InChI is InChI=1S/C23H18N2O4S2/c1-25-21(26)19(14-17-11-12-20(29-17)30-18-9-4-3-5-10-18)31-23(25)24-16-8-6-7-15(13-16)22(27)28-2/h3-14H,1-2H3. The summed E-state index contributed by atoms with van der Waals surface area (Å²) in [6.07, 6.45) is 1.71. The SMILES string of the molecule is COC(=O)c1cccc(N=C2SC(=Cc3ccc(Sc4ccccc4)o3)C(=O)N2C)c1. The van der Waals surface area contributed by atoms with Crippen LogP contribution in [0.25, 0.3) is 6.08 Å². The number of benzene rings is 2. The van der Waals surface area contributed by atoms with E-state index in [1.807, 2.05) is 42.5 Å². The highest BCUT2D eigenvalue weighted by molar-refractivity contribution is 8.18. The molecule has 2 heterocycles. The van der Waals surface area contributed by atoms with Crippen molar-refractivity contribution < 1.29 is 18.7 Å². The third kappa shape index (κ3) is 4.92. The minimum absolute atomic E-state index is 0.165. The van der Waals surface area contributed by atoms with E-state index in [9.17, 15) is 9.59 Å². The molecule has 4 rings (SSSR count). The Labute approximate surface area is 188 Å². The number of amidine groups is 1. The zero-order chi connectivity index (χ0) is 21.8. The molecule has 0 saturated carbocycles. The zero-order valence-corrected chi connectivity index (χ0v) is 18.4. The molecule has 2 aromatic carbocycles. The van der Waals surface area contributed by atoms with Gasteiger partial charge in [0.25, 0.3) is 5.91 Å². The molecule has 8 heteroatoms. The lowest BCUT2D eigenvalue weighted by molar-refractivity contribution is -0.121. The summed E-state index contributed by atoms with van der Waals surface area (Å²) < 4.78 is 10.6. The number of esters is 1. The summed E-state index contributed by atoms with van der Waals surface area (Å²) >= 11 is 2.77. The number of likely N-dealkylation sites (N-methyl/N-ethyl adjacent to an activating group) is 1. The second-order valence-corrected chi connectivity index (χ2v) is 8.57. The van der Waals surface area contributed by atoms with E-state index in [0.29, 0.717) is 27.1 Å². The number of rotatable bonds is 5. The van der Waals surface area contributed by atoms with Crippen molar-refractivity contribution >= 4 is 52.3 Å². The van der Waals surface area contributed by atoms with E-state index in [1.165, 1.54) is 35.5 Å². The van der Waals surface area contributed by atoms with E-state index in [2.05, 4.69) is 4.99 Å². The molecule has 6 nitrogen and oxygen atoms in total. The van der Waals surface area contributed by atoms with Crippen LogP contribution in [0.1, 0.15) is 16.1 Å². The van der Waals surface area contributed by atoms with Gasteiger partial charge in [-0.3, -0.25) is 9.69 Å². The first kappa shape index (κ1) is 21.0. The largest absolute Gasteiger partial charge is 0.465 e. The zero-order valence-electron chi connectivity index (χ0n) is 16.8. The highest BCUT2D eigenvalue weighted by Gasteiger charge is 2.30. The Balaban J connectivity index is 1.52. The number of hydrogen-bond acceptors (Lipinski definition) is 7. The molecule has 0 aliphatic carbocycles. The van der Waals surface area contributed by atoms with Gasteiger partial charge in [0.1, 0.15) is 5.76 Å². The van der Waals surface area contributed by atoms with Crippen LogP contribution in [0.2, 0.25) is 0 Å². The average molecular weight is 451 g/mol. The summed E-state index contributed by atoms with van der Waals surface area (Å²) in [6.45, 7) is 0. The summed E-state index contributed by atoms with van der Waals surface area (Å²) in [5.74, 6) is -0.00806. The molecule has 0 radical (unpaired) electrons. The van der Waals surface area contributed by atoms with Gasteiger partial charge in [0, 0.05) is 18.0 Å². The number of aliphatic imine (C=N–C) groups is 1. The predicted molar refractivity (Wildman–Crippen MR) is 122 cm³/mol. The molecular formula is C23H18N2O4S2. The van der Waals surface area contributed by atoms with Gasteiger partial charge in [0.15, 0.2) is 10.3 Å². The summed E-state index contributed by atoms with van der Waals surface area (Å²) in [7, 11) is 2.99. The number of nitrogens with zero attached hydrogens (tertiary/aromatic N) is 2. The van der Waals surface area contributed by atoms with E-state index in [0.717, 1.165) is 9.99 Å². The van der Waals surface area contributed by atoms with Crippen molar-refractivity contribution in [3.05, 3.63) is 83.0 Å². The monoisotopic (exact) mass is 450 g/mol. The highest BCUT2D eigenvalue weighted by Crippen LogP contribution is 2.35. The van der Waals surface area contributed by atoms with Gasteiger partial charge in [0.2, 0.25) is 0 Å². The van der Waals surface area contributed by atoms with Crippen LogP contribution in [0.15, 0.2) is 91.0 Å². The van der Waals surface area contributed by atoms with Crippen molar-refractivity contribution in [2.24, 2.45) is 4.99 Å². The molecular weight excluding hydrogens is 432 g/mol. The lowest BCUT2D eigenvalue weighted by Crippen LogP contribution is -2.23. The number of amides is 1. The van der Waals surface area contributed by atoms with Gasteiger partial charge in [-0.15, -0.1) is 0 Å². The Bertz CT molecular complexity index is 1190. The normalized spacial score (nSPS) is 16.3. The van der Waals surface area contributed by atoms with Crippen LogP contribution in [0, 0.1) is 0 Å². The highest BCUT2D eigenvalue weighted by atomic mass is 32.2. The first-order valence-electron chi connectivity index (χ1n) is 9.31. The van der Waals surface area contributed by atoms with E-state index in [4.69, 9.17) is 9.15 Å². The van der Waals surface area contributed by atoms with Gasteiger partial charge in [-0.05, 0) is 54.2 Å². The molecule has 1 fully saturated rings. The van der Waals surface area contributed by atoms with Crippen molar-refractivity contribution in [3.8, 4) is 0 Å². The third-order valence-corrected chi connectivity index (χ3v) is 6.32. The lowest BCUT2D eigenvalue weighted by atomic mass is 10.2. The number of furan rings is 1. The van der Waals surface area contributed by atoms with E-state index in [-0.39, 0.29) is 5.91 Å². The van der Waals surface area contributed by atoms with E-state index in [1.54, 1.807) is 37.4 Å². The van der Waals surface area contributed by atoms with Crippen molar-refractivity contribution in [1.82, 2.24) is 4.90 Å². The molecule has 1 amide bonds. The summed E-state index contributed by atoms with van der Waals surface area (Å²) in [4.78, 5) is 32.0. The molecule has 1 aliphatic heterocycles. The predicted octanol–water partition coefficient (Wildman–Crippen LogP) is 5.45. The molecule has 0 atom stereocenters. The van der Waals surface area contributed by atoms with Gasteiger partial charge in [-0.25, -0.2) is 9.79 Å². The first-order chi connectivity index (χ1) is 15.0. The number of ether oxygens (including phenoxy) is 1. The molecule has 1 aromatic heterocycles. The van der Waals surface area contributed by atoms with Gasteiger partial charge in [0.05, 0.1) is 23.3 Å². The molecule has 0 spiro atoms. The van der Waals surface area contributed by atoms with Crippen molar-refractivity contribution in [1.29, 1.82) is 0 Å². The number of carbonyl (C=O) groups excluding carboxylic acids is 2. The number of hydrogen-bond donors (Lipinski definition) is 0. The number of thioether (sulfide) groups is 1. The smallest absolute Gasteiger partial charge is 0.337 e. The number of methoxy groups -OCH3 is 1. The summed E-state index contributed by atoms with van der Waals surface area (Å²) in [5, 5.41) is 1.26. The number of carbonyl (C=O) groups is 2. The maximum atomic E-state index is 12.7. The maximum Gasteiger partial charge on any atom is 0.337 e. The van der Waals surface area contributed by atoms with Crippen LogP contribution in [-0.4, -0.2) is 36.1 Å². The quantitative estimate of drug-likeness (QED) is 0.380. The molecule has 0 N–H and O–H groups in total. The van der Waals surface area contributed by atoms with Gasteiger partial charge in [-0.1, -0.05) is 36.0 Å². The Kier molecular flexibility index (Phi) is 6.29. The molecule has 31 heavy (non-hydrogen) atoms. The molecule has 156 valence electrons. The topological polar surface area (TPSA) is 72.1 Å². The van der Waals surface area contributed by atoms with E-state index >= 15 is 0 Å². The minimum atomic E-state index is -0.437. The second-order valence-electron chi connectivity index (χ2n) is 6.48. The molecule has 0 bridgehead atoms. The Morgan fingerprint density at radius 2 is 1.94 bits per heavy atom. The second kappa shape index (κ2) is 9.28. The van der Waals surface area contributed by atoms with Crippen molar-refractivity contribution in [3.63, 3.8) is 0 Å². The maximum absolute atomic E-state index is 12.7. The fourth-order valence-corrected chi connectivity index (χ4v) is 4.55. The van der Waals surface area contributed by atoms with E-state index < -0.39 is 5.97 Å². The fraction of sp³-hybridized carbons (Fsp3) is 0.0870.